The number of carbonyl (C=O) groups excluding carboxylic acids is 3. The van der Waals surface area contributed by atoms with E-state index >= 15 is 0 Å². The Hall–Kier alpha value is -1.47. The van der Waals surface area contributed by atoms with Crippen LogP contribution >= 0.6 is 0 Å². The molecule has 1 spiro atoms. The largest absolute Gasteiger partial charge is 0.353 e. The zero-order valence-corrected chi connectivity index (χ0v) is 25.0. The highest BCUT2D eigenvalue weighted by molar-refractivity contribution is 5.96. The Morgan fingerprint density at radius 3 is 2.49 bits per heavy atom. The van der Waals surface area contributed by atoms with Crippen LogP contribution in [-0.2, 0) is 23.9 Å². The summed E-state index contributed by atoms with van der Waals surface area (Å²) in [4.78, 5) is 40.2. The summed E-state index contributed by atoms with van der Waals surface area (Å²) in [6.45, 7) is 10.0. The maximum absolute atomic E-state index is 14.3. The number of Topliss-reactive ketones (excluding diaryl/α,β-unsaturated/α-hetero) is 1. The van der Waals surface area contributed by atoms with Gasteiger partial charge in [0.2, 0.25) is 11.8 Å². The van der Waals surface area contributed by atoms with Gasteiger partial charge in [0.1, 0.15) is 12.2 Å². The van der Waals surface area contributed by atoms with Gasteiger partial charge in [0.15, 0.2) is 5.79 Å². The highest BCUT2D eigenvalue weighted by atomic mass is 16.7. The second kappa shape index (κ2) is 9.54. The molecule has 2 saturated heterocycles. The Balaban J connectivity index is 1.16. The number of ketones is 1. The van der Waals surface area contributed by atoms with Crippen LogP contribution in [0.2, 0.25) is 0 Å². The van der Waals surface area contributed by atoms with Crippen molar-refractivity contribution in [2.45, 2.75) is 110 Å². The monoisotopic (exact) mass is 542 g/mol. The third-order valence-corrected chi connectivity index (χ3v) is 13.0. The van der Waals surface area contributed by atoms with E-state index in [1.54, 1.807) is 14.1 Å². The van der Waals surface area contributed by atoms with Crippen LogP contribution in [0.5, 0.6) is 0 Å². The van der Waals surface area contributed by atoms with Crippen molar-refractivity contribution in [2.24, 2.45) is 52.3 Å². The average molecular weight is 543 g/mol. The summed E-state index contributed by atoms with van der Waals surface area (Å²) in [5, 5.41) is 3.16. The first-order chi connectivity index (χ1) is 18.4. The number of hydrogen-bond donors (Lipinski definition) is 1. The zero-order valence-electron chi connectivity index (χ0n) is 25.0. The molecule has 12 atom stereocenters. The minimum atomic E-state index is -0.490. The Bertz CT molecular complexity index is 1020. The fourth-order valence-corrected chi connectivity index (χ4v) is 10.7. The standard InChI is InChI=1S/C32H50N2O5/c1-18-9-12-32(38-17-18)19(2)29-25(39-32)14-24-22-8-7-20-13-21(33-27(36)16-28(37)34(5)6)10-11-30(20,3)23(22)15-26(35)31(24,29)4/h18-25,29H,7-17H2,1-6H3,(H,33,36)/t18-,19+,20+,21?,22-,23+,24+,25+,29+,30+,31-,32-/m1/s1. The molecular weight excluding hydrogens is 492 g/mol. The smallest absolute Gasteiger partial charge is 0.231 e. The fraction of sp³-hybridized carbons (Fsp3) is 0.906. The summed E-state index contributed by atoms with van der Waals surface area (Å²) < 4.78 is 13.3. The Morgan fingerprint density at radius 1 is 1.03 bits per heavy atom. The third kappa shape index (κ3) is 4.14. The lowest BCUT2D eigenvalue weighted by molar-refractivity contribution is -0.272. The predicted octanol–water partition coefficient (Wildman–Crippen LogP) is 4.58. The molecule has 4 saturated carbocycles. The summed E-state index contributed by atoms with van der Waals surface area (Å²) >= 11 is 0. The number of carbonyl (C=O) groups is 3. The highest BCUT2D eigenvalue weighted by Crippen LogP contribution is 2.70. The average Bonchev–Trinajstić information content (AvgIpc) is 3.33. The maximum Gasteiger partial charge on any atom is 0.231 e. The molecule has 0 aromatic rings. The van der Waals surface area contributed by atoms with Crippen LogP contribution < -0.4 is 5.32 Å². The fourth-order valence-electron chi connectivity index (χ4n) is 10.7. The molecule has 39 heavy (non-hydrogen) atoms. The van der Waals surface area contributed by atoms with Gasteiger partial charge in [-0.15, -0.1) is 0 Å². The first kappa shape index (κ1) is 27.7. The Labute approximate surface area is 234 Å². The lowest BCUT2D eigenvalue weighted by Crippen LogP contribution is -2.59. The van der Waals surface area contributed by atoms with Gasteiger partial charge < -0.3 is 19.7 Å². The van der Waals surface area contributed by atoms with Crippen LogP contribution in [0.1, 0.15) is 91.9 Å². The van der Waals surface area contributed by atoms with Gasteiger partial charge in [-0.25, -0.2) is 0 Å². The van der Waals surface area contributed by atoms with Crippen LogP contribution in [0.3, 0.4) is 0 Å². The van der Waals surface area contributed by atoms with E-state index in [-0.39, 0.29) is 53.0 Å². The molecule has 1 N–H and O–H groups in total. The highest BCUT2D eigenvalue weighted by Gasteiger charge is 2.71. The van der Waals surface area contributed by atoms with E-state index in [0.29, 0.717) is 41.8 Å². The molecule has 7 nitrogen and oxygen atoms in total. The first-order valence-corrected chi connectivity index (χ1v) is 15.7. The van der Waals surface area contributed by atoms with Crippen LogP contribution in [0.15, 0.2) is 0 Å². The molecule has 4 aliphatic carbocycles. The molecule has 6 aliphatic rings. The van der Waals surface area contributed by atoms with Gasteiger partial charge in [-0.05, 0) is 80.0 Å². The Morgan fingerprint density at radius 2 is 1.79 bits per heavy atom. The van der Waals surface area contributed by atoms with E-state index in [1.807, 2.05) is 0 Å². The number of nitrogens with zero attached hydrogens (tertiary/aromatic N) is 1. The van der Waals surface area contributed by atoms with Gasteiger partial charge >= 0.3 is 0 Å². The van der Waals surface area contributed by atoms with Crippen molar-refractivity contribution in [1.82, 2.24) is 10.2 Å². The molecule has 6 fully saturated rings. The van der Waals surface area contributed by atoms with E-state index in [0.717, 1.165) is 51.6 Å². The molecule has 0 aromatic heterocycles. The first-order valence-electron chi connectivity index (χ1n) is 15.7. The molecule has 7 heteroatoms. The molecule has 2 amide bonds. The van der Waals surface area contributed by atoms with Crippen LogP contribution in [-0.4, -0.2) is 61.1 Å². The summed E-state index contributed by atoms with van der Waals surface area (Å²) in [5.41, 5.74) is -0.177. The van der Waals surface area contributed by atoms with E-state index in [2.05, 4.69) is 33.0 Å². The molecule has 0 aromatic carbocycles. The van der Waals surface area contributed by atoms with E-state index in [1.165, 1.54) is 11.3 Å². The molecule has 218 valence electrons. The topological polar surface area (TPSA) is 84.9 Å². The Kier molecular flexibility index (Phi) is 6.77. The molecule has 1 unspecified atom stereocenters. The molecule has 2 aliphatic heterocycles. The lowest BCUT2D eigenvalue weighted by Gasteiger charge is -2.60. The molecule has 2 heterocycles. The van der Waals surface area contributed by atoms with Crippen molar-refractivity contribution in [1.29, 1.82) is 0 Å². The molecular formula is C32H50N2O5. The number of hydrogen-bond acceptors (Lipinski definition) is 5. The van der Waals surface area contributed by atoms with Crippen molar-refractivity contribution in [3.8, 4) is 0 Å². The van der Waals surface area contributed by atoms with Gasteiger partial charge in [0.25, 0.3) is 0 Å². The molecule has 6 rings (SSSR count). The minimum Gasteiger partial charge on any atom is -0.353 e. The van der Waals surface area contributed by atoms with Gasteiger partial charge in [-0.2, -0.15) is 0 Å². The van der Waals surface area contributed by atoms with Crippen LogP contribution in [0, 0.1) is 52.3 Å². The van der Waals surface area contributed by atoms with Crippen molar-refractivity contribution < 1.29 is 23.9 Å². The van der Waals surface area contributed by atoms with E-state index in [4.69, 9.17) is 9.47 Å². The second-order valence-corrected chi connectivity index (χ2v) is 15.0. The SMILES string of the molecule is C[C@@H]1CC[C@@]2(OC1)O[C@H]1C[C@H]3[C@@H]4CC[C@H]5CC(NC(=O)CC(=O)N(C)C)CC[C@]5(C)[C@H]4CC(=O)[C@]3(C)[C@H]1[C@@H]2C. The summed E-state index contributed by atoms with van der Waals surface area (Å²) in [5.74, 6) is 2.63. The van der Waals surface area contributed by atoms with Crippen molar-refractivity contribution in [2.75, 3.05) is 20.7 Å². The summed E-state index contributed by atoms with van der Waals surface area (Å²) in [7, 11) is 3.37. The normalized spacial score (nSPS) is 50.5. The van der Waals surface area contributed by atoms with Crippen LogP contribution in [0.25, 0.3) is 0 Å². The molecule has 0 radical (unpaired) electrons. The van der Waals surface area contributed by atoms with E-state index < -0.39 is 5.79 Å². The number of fused-ring (bicyclic) bond motifs is 7. The lowest BCUT2D eigenvalue weighted by atomic mass is 9.44. The molecule has 0 bridgehead atoms. The van der Waals surface area contributed by atoms with Gasteiger partial charge in [0.05, 0.1) is 12.7 Å². The second-order valence-electron chi connectivity index (χ2n) is 15.0. The van der Waals surface area contributed by atoms with Gasteiger partial charge in [-0.1, -0.05) is 27.7 Å². The minimum absolute atomic E-state index is 0.0842. The maximum atomic E-state index is 14.3. The van der Waals surface area contributed by atoms with Crippen molar-refractivity contribution >= 4 is 17.6 Å². The van der Waals surface area contributed by atoms with Crippen molar-refractivity contribution in [3.63, 3.8) is 0 Å². The van der Waals surface area contributed by atoms with Gasteiger partial charge in [-0.3, -0.25) is 14.4 Å². The predicted molar refractivity (Wildman–Crippen MR) is 147 cm³/mol. The summed E-state index contributed by atoms with van der Waals surface area (Å²) in [6, 6.07) is 0.126. The third-order valence-electron chi connectivity index (χ3n) is 13.0. The quantitative estimate of drug-likeness (QED) is 0.528. The number of amides is 2. The number of nitrogens with one attached hydrogen (secondary N) is 1. The van der Waals surface area contributed by atoms with Crippen molar-refractivity contribution in [3.05, 3.63) is 0 Å². The van der Waals surface area contributed by atoms with Gasteiger partial charge in [0, 0.05) is 50.2 Å². The summed E-state index contributed by atoms with van der Waals surface area (Å²) in [6.07, 6.45) is 9.09. The van der Waals surface area contributed by atoms with Crippen LogP contribution in [0.4, 0.5) is 0 Å². The number of rotatable bonds is 3. The van der Waals surface area contributed by atoms with E-state index in [9.17, 15) is 14.4 Å². The number of ether oxygens (including phenoxy) is 2. The zero-order chi connectivity index (χ0) is 27.9.